The molecule has 1 aliphatic rings. The van der Waals surface area contributed by atoms with Crippen molar-refractivity contribution < 1.29 is 13.6 Å². The van der Waals surface area contributed by atoms with Crippen LogP contribution in [0.1, 0.15) is 50.1 Å². The van der Waals surface area contributed by atoms with E-state index in [4.69, 9.17) is 4.42 Å². The molecule has 0 saturated heterocycles. The van der Waals surface area contributed by atoms with Gasteiger partial charge in [0.1, 0.15) is 5.78 Å². The zero-order valence-electron chi connectivity index (χ0n) is 16.9. The summed E-state index contributed by atoms with van der Waals surface area (Å²) in [5.41, 5.74) is 1.78. The molecule has 0 aliphatic heterocycles. The first-order valence-electron chi connectivity index (χ1n) is 10.5. The molecule has 1 aromatic carbocycles. The van der Waals surface area contributed by atoms with Crippen LogP contribution in [-0.4, -0.2) is 22.4 Å². The molecule has 1 aliphatic carbocycles. The number of fused-ring (bicyclic) bond motifs is 1. The van der Waals surface area contributed by atoms with E-state index in [2.05, 4.69) is 16.0 Å². The molecule has 5 heteroatoms. The molecule has 4 rings (SSSR count). The molecule has 1 saturated carbocycles. The Balaban J connectivity index is 1.43. The molecule has 152 valence electrons. The second kappa shape index (κ2) is 8.85. The summed E-state index contributed by atoms with van der Waals surface area (Å²) in [5.74, 6) is 2.37. The van der Waals surface area contributed by atoms with Crippen LogP contribution in [-0.2, 0) is 11.2 Å². The third kappa shape index (κ3) is 4.72. The Morgan fingerprint density at radius 2 is 1.93 bits per heavy atom. The molecule has 0 atom stereocenters. The van der Waals surface area contributed by atoms with Crippen molar-refractivity contribution >= 4 is 16.6 Å². The summed E-state index contributed by atoms with van der Waals surface area (Å²) in [4.78, 5) is 21.5. The number of carbonyl (C=O) groups excluding carboxylic acids is 1. The van der Waals surface area contributed by atoms with Gasteiger partial charge in [-0.05, 0) is 62.0 Å². The lowest BCUT2D eigenvalue weighted by atomic mass is 9.77. The third-order valence-electron chi connectivity index (χ3n) is 6.09. The Labute approximate surface area is 170 Å². The fourth-order valence-corrected chi connectivity index (χ4v) is 4.39. The maximum absolute atomic E-state index is 12.8. The van der Waals surface area contributed by atoms with Gasteiger partial charge in [0.25, 0.3) is 0 Å². The van der Waals surface area contributed by atoms with Crippen LogP contribution in [0, 0.1) is 18.8 Å². The highest BCUT2D eigenvalue weighted by molar-refractivity contribution is 5.88. The number of rotatable bonds is 7. The van der Waals surface area contributed by atoms with E-state index in [-0.39, 0.29) is 18.4 Å². The van der Waals surface area contributed by atoms with Gasteiger partial charge >= 0.3 is 0 Å². The Morgan fingerprint density at radius 1 is 1.10 bits per heavy atom. The number of alkyl halides is 1. The molecule has 2 aromatic heterocycles. The molecule has 4 nitrogen and oxygen atoms in total. The van der Waals surface area contributed by atoms with E-state index in [1.54, 1.807) is 6.20 Å². The minimum Gasteiger partial charge on any atom is -0.441 e. The third-order valence-corrected chi connectivity index (χ3v) is 6.09. The summed E-state index contributed by atoms with van der Waals surface area (Å²) in [6.07, 6.45) is 9.49. The number of halogens is 1. The Hall–Kier alpha value is -2.56. The van der Waals surface area contributed by atoms with Gasteiger partial charge in [0.15, 0.2) is 11.7 Å². The number of nitrogens with zero attached hydrogens (tertiary/aromatic N) is 2. The van der Waals surface area contributed by atoms with Gasteiger partial charge in [-0.25, -0.2) is 4.98 Å². The molecular formula is C24H27FN2O2. The predicted molar refractivity (Wildman–Crippen MR) is 111 cm³/mol. The standard InChI is InChI=1S/C24H27FN2O2/c1-16-26-15-24(29-16)19-8-9-20-14-27-22(12-21(20)11-19)13-23(28)18-6-4-17(5-7-18)3-2-10-25/h8-9,11-12,14-15,17-18H,2-7,10,13H2,1H3. The van der Waals surface area contributed by atoms with Crippen LogP contribution >= 0.6 is 0 Å². The number of benzene rings is 1. The lowest BCUT2D eigenvalue weighted by Crippen LogP contribution is -2.23. The second-order valence-electron chi connectivity index (χ2n) is 8.17. The quantitative estimate of drug-likeness (QED) is 0.503. The Morgan fingerprint density at radius 3 is 2.66 bits per heavy atom. The largest absolute Gasteiger partial charge is 0.441 e. The van der Waals surface area contributed by atoms with Crippen molar-refractivity contribution in [3.63, 3.8) is 0 Å². The van der Waals surface area contributed by atoms with Crippen LogP contribution in [0.2, 0.25) is 0 Å². The number of oxazole rings is 1. The summed E-state index contributed by atoms with van der Waals surface area (Å²) in [5, 5.41) is 2.08. The summed E-state index contributed by atoms with van der Waals surface area (Å²) in [6, 6.07) is 8.07. The number of carbonyl (C=O) groups is 1. The fourth-order valence-electron chi connectivity index (χ4n) is 4.39. The molecule has 0 bridgehead atoms. The van der Waals surface area contributed by atoms with Crippen molar-refractivity contribution in [1.29, 1.82) is 0 Å². The van der Waals surface area contributed by atoms with E-state index >= 15 is 0 Å². The van der Waals surface area contributed by atoms with Crippen molar-refractivity contribution in [1.82, 2.24) is 9.97 Å². The predicted octanol–water partition coefficient (Wildman–Crippen LogP) is 5.87. The maximum Gasteiger partial charge on any atom is 0.191 e. The smallest absolute Gasteiger partial charge is 0.191 e. The van der Waals surface area contributed by atoms with Gasteiger partial charge in [-0.1, -0.05) is 12.1 Å². The minimum atomic E-state index is -0.232. The summed E-state index contributed by atoms with van der Waals surface area (Å²) >= 11 is 0. The summed E-state index contributed by atoms with van der Waals surface area (Å²) in [7, 11) is 0. The lowest BCUT2D eigenvalue weighted by molar-refractivity contribution is -0.123. The first kappa shape index (κ1) is 19.7. The Bertz CT molecular complexity index is 989. The molecule has 2 heterocycles. The van der Waals surface area contributed by atoms with Gasteiger partial charge in [-0.2, -0.15) is 0 Å². The van der Waals surface area contributed by atoms with Crippen LogP contribution in [0.3, 0.4) is 0 Å². The number of hydrogen-bond donors (Lipinski definition) is 0. The van der Waals surface area contributed by atoms with Crippen molar-refractivity contribution in [2.75, 3.05) is 6.67 Å². The van der Waals surface area contributed by atoms with Gasteiger partial charge in [0, 0.05) is 42.1 Å². The van der Waals surface area contributed by atoms with Crippen LogP contribution in [0.15, 0.2) is 41.1 Å². The van der Waals surface area contributed by atoms with Crippen LogP contribution < -0.4 is 0 Å². The molecule has 0 spiro atoms. The summed E-state index contributed by atoms with van der Waals surface area (Å²) < 4.78 is 18.0. The number of pyridine rings is 1. The van der Waals surface area contributed by atoms with Crippen LogP contribution in [0.4, 0.5) is 4.39 Å². The highest BCUT2D eigenvalue weighted by Crippen LogP contribution is 2.33. The topological polar surface area (TPSA) is 56.0 Å². The first-order chi connectivity index (χ1) is 14.1. The second-order valence-corrected chi connectivity index (χ2v) is 8.17. The minimum absolute atomic E-state index is 0.123. The van der Waals surface area contributed by atoms with E-state index in [0.29, 0.717) is 24.7 Å². The number of Topliss-reactive ketones (excluding diaryl/α,β-unsaturated/α-hetero) is 1. The average Bonchev–Trinajstić information content (AvgIpc) is 3.18. The zero-order chi connectivity index (χ0) is 20.2. The van der Waals surface area contributed by atoms with Crippen molar-refractivity contribution in [3.05, 3.63) is 48.2 Å². The molecule has 0 unspecified atom stereocenters. The van der Waals surface area contributed by atoms with Crippen LogP contribution in [0.5, 0.6) is 0 Å². The van der Waals surface area contributed by atoms with Gasteiger partial charge in [0.2, 0.25) is 0 Å². The molecule has 0 amide bonds. The highest BCUT2D eigenvalue weighted by atomic mass is 19.1. The Kier molecular flexibility index (Phi) is 6.02. The average molecular weight is 394 g/mol. The summed E-state index contributed by atoms with van der Waals surface area (Å²) in [6.45, 7) is 1.59. The zero-order valence-corrected chi connectivity index (χ0v) is 16.9. The lowest BCUT2D eigenvalue weighted by Gasteiger charge is -2.27. The van der Waals surface area contributed by atoms with Gasteiger partial charge in [-0.15, -0.1) is 0 Å². The number of aryl methyl sites for hydroxylation is 1. The van der Waals surface area contributed by atoms with E-state index in [1.165, 1.54) is 0 Å². The number of ketones is 1. The van der Waals surface area contributed by atoms with Crippen molar-refractivity contribution in [2.45, 2.75) is 51.9 Å². The SMILES string of the molecule is Cc1ncc(-c2ccc3cnc(CC(=O)C4CCC(CCCF)CC4)cc3c2)o1. The maximum atomic E-state index is 12.8. The van der Waals surface area contributed by atoms with E-state index < -0.39 is 0 Å². The molecule has 29 heavy (non-hydrogen) atoms. The van der Waals surface area contributed by atoms with Crippen LogP contribution in [0.25, 0.3) is 22.1 Å². The van der Waals surface area contributed by atoms with Gasteiger partial charge in [0.05, 0.1) is 12.9 Å². The number of hydrogen-bond acceptors (Lipinski definition) is 4. The van der Waals surface area contributed by atoms with E-state index in [1.807, 2.05) is 31.3 Å². The van der Waals surface area contributed by atoms with Gasteiger partial charge < -0.3 is 4.42 Å². The van der Waals surface area contributed by atoms with E-state index in [9.17, 15) is 9.18 Å². The van der Waals surface area contributed by atoms with Crippen molar-refractivity contribution in [3.8, 4) is 11.3 Å². The normalized spacial score (nSPS) is 19.5. The highest BCUT2D eigenvalue weighted by Gasteiger charge is 2.26. The molecule has 3 aromatic rings. The number of aromatic nitrogens is 2. The molecule has 0 N–H and O–H groups in total. The fraction of sp³-hybridized carbons (Fsp3) is 0.458. The molecule has 0 radical (unpaired) electrons. The van der Waals surface area contributed by atoms with E-state index in [0.717, 1.165) is 59.9 Å². The molecule has 1 fully saturated rings. The first-order valence-corrected chi connectivity index (χ1v) is 10.5. The van der Waals surface area contributed by atoms with Gasteiger partial charge in [-0.3, -0.25) is 14.2 Å². The monoisotopic (exact) mass is 394 g/mol. The molecular weight excluding hydrogens is 367 g/mol. The van der Waals surface area contributed by atoms with Crippen molar-refractivity contribution in [2.24, 2.45) is 11.8 Å².